The van der Waals surface area contributed by atoms with Gasteiger partial charge in [-0.05, 0) is 29.8 Å². The second-order valence-corrected chi connectivity index (χ2v) is 7.33. The highest BCUT2D eigenvalue weighted by Gasteiger charge is 2.47. The molecule has 34 heavy (non-hydrogen) atoms. The third kappa shape index (κ3) is 4.32. The molecule has 4 rings (SSSR count). The molecule has 0 saturated carbocycles. The Morgan fingerprint density at radius 1 is 0.941 bits per heavy atom. The first-order valence-corrected chi connectivity index (χ1v) is 10.1. The van der Waals surface area contributed by atoms with Crippen molar-refractivity contribution in [1.29, 1.82) is 0 Å². The largest absolute Gasteiger partial charge is 0.573 e. The van der Waals surface area contributed by atoms with Gasteiger partial charge in [-0.3, -0.25) is 14.5 Å². The summed E-state index contributed by atoms with van der Waals surface area (Å²) in [4.78, 5) is 27.3. The maximum Gasteiger partial charge on any atom is 0.573 e. The van der Waals surface area contributed by atoms with Gasteiger partial charge in [-0.2, -0.15) is 0 Å². The number of alkyl halides is 3. The van der Waals surface area contributed by atoms with Crippen LogP contribution in [-0.4, -0.2) is 30.3 Å². The number of aliphatic hydroxyl groups excluding tert-OH is 1. The molecule has 0 aliphatic carbocycles. The van der Waals surface area contributed by atoms with Crippen molar-refractivity contribution in [3.8, 4) is 11.5 Å². The van der Waals surface area contributed by atoms with E-state index >= 15 is 0 Å². The van der Waals surface area contributed by atoms with Crippen molar-refractivity contribution in [3.05, 3.63) is 95.6 Å². The number of hydrogen-bond acceptors (Lipinski definition) is 5. The van der Waals surface area contributed by atoms with Gasteiger partial charge in [0.05, 0.1) is 24.3 Å². The van der Waals surface area contributed by atoms with Gasteiger partial charge in [-0.15, -0.1) is 13.2 Å². The molecular weight excluding hydrogens is 451 g/mol. The van der Waals surface area contributed by atoms with Crippen LogP contribution < -0.4 is 14.4 Å². The summed E-state index contributed by atoms with van der Waals surface area (Å²) in [5.74, 6) is -2.73. The SMILES string of the molecule is COc1ccccc1/C(O)=C1\C(=O)C(=O)N(c2cccc(OC(F)(F)F)c2)C1c1ccccc1. The predicted molar refractivity (Wildman–Crippen MR) is 117 cm³/mol. The number of rotatable bonds is 5. The summed E-state index contributed by atoms with van der Waals surface area (Å²) in [7, 11) is 1.39. The van der Waals surface area contributed by atoms with E-state index in [0.717, 1.165) is 17.0 Å². The summed E-state index contributed by atoms with van der Waals surface area (Å²) in [6, 6.07) is 18.5. The molecular formula is C25H18F3NO5. The first-order valence-electron chi connectivity index (χ1n) is 10.1. The Balaban J connectivity index is 1.91. The summed E-state index contributed by atoms with van der Waals surface area (Å²) in [5.41, 5.74) is 0.443. The monoisotopic (exact) mass is 469 g/mol. The molecule has 1 atom stereocenters. The van der Waals surface area contributed by atoms with E-state index in [2.05, 4.69) is 4.74 Å². The van der Waals surface area contributed by atoms with Crippen LogP contribution in [0.4, 0.5) is 18.9 Å². The number of carbonyl (C=O) groups excluding carboxylic acids is 2. The summed E-state index contributed by atoms with van der Waals surface area (Å²) in [5, 5.41) is 11.2. The number of halogens is 3. The van der Waals surface area contributed by atoms with Crippen LogP contribution in [0, 0.1) is 0 Å². The van der Waals surface area contributed by atoms with E-state index in [1.165, 1.54) is 25.3 Å². The molecule has 6 nitrogen and oxygen atoms in total. The van der Waals surface area contributed by atoms with Gasteiger partial charge in [-0.1, -0.05) is 48.5 Å². The average Bonchev–Trinajstić information content (AvgIpc) is 3.08. The zero-order valence-electron chi connectivity index (χ0n) is 17.7. The van der Waals surface area contributed by atoms with E-state index < -0.39 is 35.6 Å². The van der Waals surface area contributed by atoms with Crippen LogP contribution in [0.1, 0.15) is 17.2 Å². The summed E-state index contributed by atoms with van der Waals surface area (Å²) in [6.45, 7) is 0. The lowest BCUT2D eigenvalue weighted by Crippen LogP contribution is -2.29. The molecule has 1 fully saturated rings. The van der Waals surface area contributed by atoms with Crippen molar-refractivity contribution < 1.29 is 37.3 Å². The van der Waals surface area contributed by atoms with Gasteiger partial charge in [0.2, 0.25) is 0 Å². The molecule has 1 saturated heterocycles. The third-order valence-electron chi connectivity index (χ3n) is 5.25. The van der Waals surface area contributed by atoms with Gasteiger partial charge in [0.25, 0.3) is 11.7 Å². The fraction of sp³-hybridized carbons (Fsp3) is 0.120. The van der Waals surface area contributed by atoms with Gasteiger partial charge in [0, 0.05) is 11.8 Å². The fourth-order valence-corrected chi connectivity index (χ4v) is 3.87. The molecule has 3 aromatic rings. The Labute approximate surface area is 192 Å². The lowest BCUT2D eigenvalue weighted by Gasteiger charge is -2.26. The van der Waals surface area contributed by atoms with E-state index in [9.17, 15) is 27.9 Å². The maximum absolute atomic E-state index is 13.1. The average molecular weight is 469 g/mol. The molecule has 0 spiro atoms. The Morgan fingerprint density at radius 3 is 2.29 bits per heavy atom. The Hall–Kier alpha value is -4.27. The van der Waals surface area contributed by atoms with Crippen molar-refractivity contribution in [2.45, 2.75) is 12.4 Å². The van der Waals surface area contributed by atoms with E-state index in [1.807, 2.05) is 0 Å². The molecule has 0 bridgehead atoms. The smallest absolute Gasteiger partial charge is 0.507 e. The molecule has 3 aromatic carbocycles. The lowest BCUT2D eigenvalue weighted by atomic mass is 9.95. The predicted octanol–water partition coefficient (Wildman–Crippen LogP) is 5.22. The van der Waals surface area contributed by atoms with Crippen LogP contribution in [0.15, 0.2) is 84.4 Å². The molecule has 1 unspecified atom stereocenters. The van der Waals surface area contributed by atoms with Crippen LogP contribution in [0.2, 0.25) is 0 Å². The highest BCUT2D eigenvalue weighted by Crippen LogP contribution is 2.44. The second kappa shape index (κ2) is 8.93. The Bertz CT molecular complexity index is 1270. The van der Waals surface area contributed by atoms with Crippen molar-refractivity contribution in [2.24, 2.45) is 0 Å². The van der Waals surface area contributed by atoms with Crippen LogP contribution in [-0.2, 0) is 9.59 Å². The molecule has 174 valence electrons. The highest BCUT2D eigenvalue weighted by atomic mass is 19.4. The standard InChI is InChI=1S/C25H18F3NO5/c1-33-19-13-6-5-12-18(19)22(30)20-21(15-8-3-2-4-9-15)29(24(32)23(20)31)16-10-7-11-17(14-16)34-25(26,27)28/h2-14,21,30H,1H3/b22-20+. The number of anilines is 1. The number of ketones is 1. The van der Waals surface area contributed by atoms with Crippen molar-refractivity contribution in [2.75, 3.05) is 12.0 Å². The summed E-state index contributed by atoms with van der Waals surface area (Å²) < 4.78 is 47.5. The van der Waals surface area contributed by atoms with E-state index in [4.69, 9.17) is 4.74 Å². The summed E-state index contributed by atoms with van der Waals surface area (Å²) >= 11 is 0. The number of amides is 1. The maximum atomic E-state index is 13.1. The normalized spacial score (nSPS) is 17.6. The zero-order chi connectivity index (χ0) is 24.5. The highest BCUT2D eigenvalue weighted by molar-refractivity contribution is 6.51. The van der Waals surface area contributed by atoms with Crippen LogP contribution >= 0.6 is 0 Å². The zero-order valence-corrected chi connectivity index (χ0v) is 17.7. The minimum atomic E-state index is -4.94. The molecule has 1 heterocycles. The van der Waals surface area contributed by atoms with Gasteiger partial charge >= 0.3 is 6.36 Å². The topological polar surface area (TPSA) is 76.1 Å². The molecule has 1 aliphatic rings. The number of benzene rings is 3. The quantitative estimate of drug-likeness (QED) is 0.315. The lowest BCUT2D eigenvalue weighted by molar-refractivity contribution is -0.274. The molecule has 1 amide bonds. The first-order chi connectivity index (χ1) is 16.2. The first kappa shape index (κ1) is 22.9. The van der Waals surface area contributed by atoms with Gasteiger partial charge in [0.15, 0.2) is 0 Å². The summed E-state index contributed by atoms with van der Waals surface area (Å²) in [6.07, 6.45) is -4.94. The molecule has 1 aliphatic heterocycles. The Morgan fingerprint density at radius 2 is 1.62 bits per heavy atom. The van der Waals surface area contributed by atoms with Crippen LogP contribution in [0.5, 0.6) is 11.5 Å². The van der Waals surface area contributed by atoms with Crippen LogP contribution in [0.25, 0.3) is 5.76 Å². The fourth-order valence-electron chi connectivity index (χ4n) is 3.87. The number of para-hydroxylation sites is 1. The third-order valence-corrected chi connectivity index (χ3v) is 5.25. The minimum Gasteiger partial charge on any atom is -0.507 e. The number of Topliss-reactive ketones (excluding diaryl/α,β-unsaturated/α-hetero) is 1. The van der Waals surface area contributed by atoms with Gasteiger partial charge < -0.3 is 14.6 Å². The van der Waals surface area contributed by atoms with Crippen LogP contribution in [0.3, 0.4) is 0 Å². The molecule has 0 aromatic heterocycles. The number of hydrogen-bond donors (Lipinski definition) is 1. The number of carbonyl (C=O) groups is 2. The van der Waals surface area contributed by atoms with E-state index in [0.29, 0.717) is 5.56 Å². The van der Waals surface area contributed by atoms with Crippen molar-refractivity contribution >= 4 is 23.1 Å². The van der Waals surface area contributed by atoms with Crippen molar-refractivity contribution in [3.63, 3.8) is 0 Å². The van der Waals surface area contributed by atoms with E-state index in [-0.39, 0.29) is 22.6 Å². The number of nitrogens with zero attached hydrogens (tertiary/aromatic N) is 1. The molecule has 9 heteroatoms. The van der Waals surface area contributed by atoms with Gasteiger partial charge in [-0.25, -0.2) is 0 Å². The van der Waals surface area contributed by atoms with Crippen molar-refractivity contribution in [1.82, 2.24) is 0 Å². The Kier molecular flexibility index (Phi) is 6.02. The van der Waals surface area contributed by atoms with E-state index in [1.54, 1.807) is 48.5 Å². The second-order valence-electron chi connectivity index (χ2n) is 7.33. The molecule has 0 radical (unpaired) electrons. The number of methoxy groups -OCH3 is 1. The minimum absolute atomic E-state index is 0.00298. The van der Waals surface area contributed by atoms with Gasteiger partial charge in [0.1, 0.15) is 17.3 Å². The number of aliphatic hydroxyl groups is 1. The molecule has 1 N–H and O–H groups in total. The number of ether oxygens (including phenoxy) is 2.